The molecule has 2 aromatic heterocycles. The summed E-state index contributed by atoms with van der Waals surface area (Å²) < 4.78 is 0. The van der Waals surface area contributed by atoms with Crippen LogP contribution >= 0.6 is 11.6 Å². The minimum absolute atomic E-state index is 0.117. The first-order valence-corrected chi connectivity index (χ1v) is 11.7. The molecule has 0 amide bonds. The highest BCUT2D eigenvalue weighted by Crippen LogP contribution is 2.38. The zero-order chi connectivity index (χ0) is 21.5. The van der Waals surface area contributed by atoms with E-state index in [4.69, 9.17) is 16.6 Å². The predicted octanol–water partition coefficient (Wildman–Crippen LogP) is 6.17. The molecule has 0 radical (unpaired) electrons. The molecule has 0 unspecified atom stereocenters. The molecule has 1 saturated carbocycles. The Morgan fingerprint density at radius 3 is 2.53 bits per heavy atom. The van der Waals surface area contributed by atoms with Gasteiger partial charge in [0.2, 0.25) is 0 Å². The quantitative estimate of drug-likeness (QED) is 0.620. The molecule has 0 spiro atoms. The monoisotopic (exact) mass is 426 g/mol. The Labute approximate surface area is 186 Å². The summed E-state index contributed by atoms with van der Waals surface area (Å²) in [6.07, 6.45) is 8.65. The minimum Gasteiger partial charge on any atom is -0.366 e. The van der Waals surface area contributed by atoms with E-state index < -0.39 is 0 Å². The van der Waals surface area contributed by atoms with Gasteiger partial charge in [-0.1, -0.05) is 25.4 Å². The Bertz CT molecular complexity index is 912. The summed E-state index contributed by atoms with van der Waals surface area (Å²) in [5.41, 5.74) is 4.79. The number of nitrogens with one attached hydrogen (secondary N) is 1. The van der Waals surface area contributed by atoms with Crippen molar-refractivity contribution in [3.63, 3.8) is 0 Å². The molecule has 4 rings (SSSR count). The van der Waals surface area contributed by atoms with E-state index in [1.165, 1.54) is 30.6 Å². The second-order valence-corrected chi connectivity index (χ2v) is 10.9. The normalized spacial score (nSPS) is 17.5. The van der Waals surface area contributed by atoms with Crippen LogP contribution in [0.1, 0.15) is 77.3 Å². The summed E-state index contributed by atoms with van der Waals surface area (Å²) in [4.78, 5) is 12.1. The lowest BCUT2D eigenvalue weighted by Crippen LogP contribution is -2.44. The number of hydrogen-bond acceptors (Lipinski definition) is 4. The van der Waals surface area contributed by atoms with Gasteiger partial charge in [0.15, 0.2) is 0 Å². The highest BCUT2D eigenvalue weighted by molar-refractivity contribution is 6.33. The van der Waals surface area contributed by atoms with Crippen LogP contribution < -0.4 is 10.2 Å². The van der Waals surface area contributed by atoms with Crippen LogP contribution in [-0.2, 0) is 18.3 Å². The number of halogens is 1. The first kappa shape index (κ1) is 21.4. The highest BCUT2D eigenvalue weighted by atomic mass is 35.5. The largest absolute Gasteiger partial charge is 0.366 e. The summed E-state index contributed by atoms with van der Waals surface area (Å²) in [5.74, 6) is 0.825. The van der Waals surface area contributed by atoms with Crippen LogP contribution in [0.3, 0.4) is 0 Å². The van der Waals surface area contributed by atoms with Gasteiger partial charge in [0.05, 0.1) is 16.4 Å². The third-order valence-electron chi connectivity index (χ3n) is 6.59. The van der Waals surface area contributed by atoms with Crippen molar-refractivity contribution in [3.05, 3.63) is 46.4 Å². The maximum Gasteiger partial charge on any atom is 0.145 e. The molecule has 1 fully saturated rings. The van der Waals surface area contributed by atoms with Gasteiger partial charge < -0.3 is 10.2 Å². The third-order valence-corrected chi connectivity index (χ3v) is 6.97. The van der Waals surface area contributed by atoms with E-state index in [-0.39, 0.29) is 11.0 Å². The van der Waals surface area contributed by atoms with Crippen molar-refractivity contribution in [2.45, 2.75) is 90.1 Å². The van der Waals surface area contributed by atoms with E-state index in [0.29, 0.717) is 6.04 Å². The Balaban J connectivity index is 1.57. The Morgan fingerprint density at radius 2 is 1.87 bits per heavy atom. The average Bonchev–Trinajstić information content (AvgIpc) is 2.64. The second kappa shape index (κ2) is 8.03. The molecule has 2 aliphatic rings. The molecule has 0 saturated heterocycles. The fourth-order valence-electron chi connectivity index (χ4n) is 4.65. The number of rotatable bonds is 5. The number of aromatic nitrogens is 2. The summed E-state index contributed by atoms with van der Waals surface area (Å²) in [6, 6.07) is 7.05. The fraction of sp³-hybridized carbons (Fsp3) is 0.600. The Hall–Kier alpha value is -1.81. The number of anilines is 2. The maximum atomic E-state index is 6.82. The van der Waals surface area contributed by atoms with Gasteiger partial charge in [0.25, 0.3) is 0 Å². The maximum absolute atomic E-state index is 6.82. The average molecular weight is 427 g/mol. The number of fused-ring (bicyclic) bond motifs is 1. The number of pyridine rings is 2. The zero-order valence-electron chi connectivity index (χ0n) is 19.1. The van der Waals surface area contributed by atoms with Gasteiger partial charge in [-0.05, 0) is 88.5 Å². The number of nitrogens with zero attached hydrogens (tertiary/aromatic N) is 3. The van der Waals surface area contributed by atoms with Crippen molar-refractivity contribution < 1.29 is 0 Å². The van der Waals surface area contributed by atoms with Crippen molar-refractivity contribution in [1.82, 2.24) is 9.97 Å². The van der Waals surface area contributed by atoms with E-state index in [0.717, 1.165) is 47.9 Å². The van der Waals surface area contributed by atoms with Crippen molar-refractivity contribution in [1.29, 1.82) is 0 Å². The van der Waals surface area contributed by atoms with Crippen LogP contribution in [0.25, 0.3) is 0 Å². The molecule has 162 valence electrons. The second-order valence-electron chi connectivity index (χ2n) is 10.5. The fourth-order valence-corrected chi connectivity index (χ4v) is 5.07. The molecule has 0 atom stereocenters. The van der Waals surface area contributed by atoms with Crippen molar-refractivity contribution in [2.75, 3.05) is 16.8 Å². The highest BCUT2D eigenvalue weighted by Gasteiger charge is 2.30. The number of aryl methyl sites for hydroxylation is 1. The molecule has 2 aromatic rings. The van der Waals surface area contributed by atoms with Crippen molar-refractivity contribution in [3.8, 4) is 0 Å². The van der Waals surface area contributed by atoms with Crippen LogP contribution in [0, 0.1) is 0 Å². The van der Waals surface area contributed by atoms with Gasteiger partial charge in [-0.3, -0.25) is 4.98 Å². The molecule has 0 aromatic carbocycles. The summed E-state index contributed by atoms with van der Waals surface area (Å²) >= 11 is 6.82. The van der Waals surface area contributed by atoms with Gasteiger partial charge in [0.1, 0.15) is 5.82 Å². The lowest BCUT2D eigenvalue weighted by atomic mass is 9.80. The van der Waals surface area contributed by atoms with Gasteiger partial charge in [0, 0.05) is 30.0 Å². The Kier molecular flexibility index (Phi) is 5.73. The van der Waals surface area contributed by atoms with Crippen molar-refractivity contribution in [2.24, 2.45) is 0 Å². The molecule has 4 nitrogen and oxygen atoms in total. The first-order valence-electron chi connectivity index (χ1n) is 11.3. The molecular formula is C25H35ClN4. The van der Waals surface area contributed by atoms with Gasteiger partial charge >= 0.3 is 0 Å². The molecule has 0 bridgehead atoms. The SMILES string of the molecule is CC(C)(Cc1ccc2c(n1)CCCN2C(C)(C)C)c1ccnc(NC2CCC2)c1Cl. The van der Waals surface area contributed by atoms with Crippen LogP contribution in [0.15, 0.2) is 24.4 Å². The predicted molar refractivity (Wildman–Crippen MR) is 127 cm³/mol. The van der Waals surface area contributed by atoms with Gasteiger partial charge in [-0.2, -0.15) is 0 Å². The third kappa shape index (κ3) is 4.30. The molecule has 3 heterocycles. The number of hydrogen-bond donors (Lipinski definition) is 1. The van der Waals surface area contributed by atoms with E-state index in [9.17, 15) is 0 Å². The molecule has 1 aliphatic carbocycles. The summed E-state index contributed by atoms with van der Waals surface area (Å²) in [6.45, 7) is 12.4. The standard InChI is InChI=1S/C25H35ClN4/c1-24(2,3)30-15-7-10-20-21(30)12-11-18(28-20)16-25(4,5)19-13-14-27-23(22(19)26)29-17-8-6-9-17/h11-14,17H,6-10,15-16H2,1-5H3,(H,27,29). The molecule has 1 aliphatic heterocycles. The lowest BCUT2D eigenvalue weighted by Gasteiger charge is -2.41. The molecular weight excluding hydrogens is 392 g/mol. The van der Waals surface area contributed by atoms with Crippen LogP contribution in [0.2, 0.25) is 5.02 Å². The van der Waals surface area contributed by atoms with E-state index >= 15 is 0 Å². The van der Waals surface area contributed by atoms with Crippen LogP contribution in [-0.4, -0.2) is 28.1 Å². The van der Waals surface area contributed by atoms with E-state index in [1.54, 1.807) is 0 Å². The van der Waals surface area contributed by atoms with Gasteiger partial charge in [-0.15, -0.1) is 0 Å². The first-order chi connectivity index (χ1) is 14.1. The lowest BCUT2D eigenvalue weighted by molar-refractivity contribution is 0.444. The van der Waals surface area contributed by atoms with E-state index in [1.807, 2.05) is 6.20 Å². The topological polar surface area (TPSA) is 41.1 Å². The molecule has 1 N–H and O–H groups in total. The van der Waals surface area contributed by atoms with Crippen molar-refractivity contribution >= 4 is 23.1 Å². The van der Waals surface area contributed by atoms with Crippen LogP contribution in [0.4, 0.5) is 11.5 Å². The minimum atomic E-state index is -0.129. The molecule has 5 heteroatoms. The summed E-state index contributed by atoms with van der Waals surface area (Å²) in [5, 5.41) is 4.27. The summed E-state index contributed by atoms with van der Waals surface area (Å²) in [7, 11) is 0. The van der Waals surface area contributed by atoms with E-state index in [2.05, 4.69) is 68.0 Å². The van der Waals surface area contributed by atoms with Crippen LogP contribution in [0.5, 0.6) is 0 Å². The molecule has 30 heavy (non-hydrogen) atoms. The Morgan fingerprint density at radius 1 is 1.10 bits per heavy atom. The smallest absolute Gasteiger partial charge is 0.145 e. The van der Waals surface area contributed by atoms with Gasteiger partial charge in [-0.25, -0.2) is 4.98 Å². The zero-order valence-corrected chi connectivity index (χ0v) is 19.8.